The van der Waals surface area contributed by atoms with Gasteiger partial charge >= 0.3 is 0 Å². The van der Waals surface area contributed by atoms with Crippen LogP contribution in [0.1, 0.15) is 35.3 Å². The number of carbonyl (C=O) groups is 1. The molecule has 17 heavy (non-hydrogen) atoms. The lowest BCUT2D eigenvalue weighted by molar-refractivity contribution is 0.0745. The zero-order valence-corrected chi connectivity index (χ0v) is 9.85. The molecule has 1 fully saturated rings. The monoisotopic (exact) mass is 234 g/mol. The maximum Gasteiger partial charge on any atom is 0.284 e. The quantitative estimate of drug-likeness (QED) is 0.806. The number of aromatic nitrogens is 1. The summed E-state index contributed by atoms with van der Waals surface area (Å²) in [4.78, 5) is 16.0. The molecule has 1 saturated heterocycles. The van der Waals surface area contributed by atoms with E-state index in [0.29, 0.717) is 12.2 Å². The van der Waals surface area contributed by atoms with E-state index in [9.17, 15) is 4.79 Å². The van der Waals surface area contributed by atoms with Crippen molar-refractivity contribution in [2.75, 3.05) is 13.1 Å². The third-order valence-corrected chi connectivity index (χ3v) is 2.91. The molecule has 1 aromatic rings. The van der Waals surface area contributed by atoms with E-state index in [-0.39, 0.29) is 5.91 Å². The van der Waals surface area contributed by atoms with Crippen LogP contribution in [0, 0.1) is 0 Å². The fourth-order valence-electron chi connectivity index (χ4n) is 1.89. The molecule has 0 bridgehead atoms. The molecule has 0 aliphatic carbocycles. The first-order valence-corrected chi connectivity index (χ1v) is 6.00. The number of nitrogens with zero attached hydrogens (tertiary/aromatic N) is 2. The predicted molar refractivity (Wildman–Crippen MR) is 65.0 cm³/mol. The van der Waals surface area contributed by atoms with E-state index >= 15 is 0 Å². The smallest absolute Gasteiger partial charge is 0.284 e. The number of amides is 1. The summed E-state index contributed by atoms with van der Waals surface area (Å²) in [6.07, 6.45) is 5.17. The molecule has 1 aliphatic rings. The molecular formula is C12H18N4O. The van der Waals surface area contributed by atoms with Crippen molar-refractivity contribution in [2.24, 2.45) is 5.73 Å². The Labute approximate surface area is 101 Å². The van der Waals surface area contributed by atoms with Gasteiger partial charge in [0, 0.05) is 25.8 Å². The fourth-order valence-corrected chi connectivity index (χ4v) is 1.89. The number of nitrogens with two attached hydrogens (primary N) is 1. The van der Waals surface area contributed by atoms with Crippen molar-refractivity contribution >= 4 is 5.91 Å². The number of rotatable bonds is 3. The molecule has 0 radical (unpaired) electrons. The van der Waals surface area contributed by atoms with E-state index in [1.807, 2.05) is 11.1 Å². The van der Waals surface area contributed by atoms with Crippen LogP contribution in [0.15, 0.2) is 18.3 Å². The summed E-state index contributed by atoms with van der Waals surface area (Å²) in [7, 11) is 0. The highest BCUT2D eigenvalue weighted by molar-refractivity contribution is 5.91. The van der Waals surface area contributed by atoms with E-state index in [0.717, 1.165) is 31.5 Å². The van der Waals surface area contributed by atoms with Crippen molar-refractivity contribution in [3.05, 3.63) is 29.6 Å². The summed E-state index contributed by atoms with van der Waals surface area (Å²) in [5.41, 5.74) is 9.72. The van der Waals surface area contributed by atoms with Gasteiger partial charge in [-0.05, 0) is 24.5 Å². The molecule has 5 heteroatoms. The van der Waals surface area contributed by atoms with Crippen LogP contribution in [0.25, 0.3) is 0 Å². The Bertz CT molecular complexity index is 371. The van der Waals surface area contributed by atoms with Crippen molar-refractivity contribution in [1.82, 2.24) is 15.4 Å². The zero-order chi connectivity index (χ0) is 12.1. The van der Waals surface area contributed by atoms with E-state index in [1.54, 1.807) is 12.3 Å². The second-order valence-electron chi connectivity index (χ2n) is 4.24. The molecule has 2 rings (SSSR count). The molecule has 3 N–H and O–H groups in total. The van der Waals surface area contributed by atoms with Gasteiger partial charge in [-0.3, -0.25) is 15.2 Å². The molecule has 2 heterocycles. The molecule has 1 amide bonds. The van der Waals surface area contributed by atoms with Crippen LogP contribution >= 0.6 is 0 Å². The summed E-state index contributed by atoms with van der Waals surface area (Å²) >= 11 is 0. The summed E-state index contributed by atoms with van der Waals surface area (Å²) < 4.78 is 0. The van der Waals surface area contributed by atoms with Gasteiger partial charge in [0.2, 0.25) is 0 Å². The SMILES string of the molecule is NCc1ccc(C(=O)NN2CCCCC2)nc1. The normalized spacial score (nSPS) is 16.8. The molecule has 5 nitrogen and oxygen atoms in total. The van der Waals surface area contributed by atoms with Crippen LogP contribution in [0.2, 0.25) is 0 Å². The molecule has 0 spiro atoms. The molecular weight excluding hydrogens is 216 g/mol. The summed E-state index contributed by atoms with van der Waals surface area (Å²) in [5, 5.41) is 1.96. The van der Waals surface area contributed by atoms with Crippen LogP contribution < -0.4 is 11.2 Å². The van der Waals surface area contributed by atoms with Gasteiger partial charge in [0.1, 0.15) is 5.69 Å². The largest absolute Gasteiger partial charge is 0.326 e. The first kappa shape index (κ1) is 12.0. The number of hydrogen-bond acceptors (Lipinski definition) is 4. The van der Waals surface area contributed by atoms with Gasteiger partial charge in [-0.25, -0.2) is 5.01 Å². The number of piperidine rings is 1. The highest BCUT2D eigenvalue weighted by atomic mass is 16.2. The average molecular weight is 234 g/mol. The molecule has 1 aromatic heterocycles. The first-order valence-electron chi connectivity index (χ1n) is 6.00. The summed E-state index contributed by atoms with van der Waals surface area (Å²) in [6, 6.07) is 3.54. The van der Waals surface area contributed by atoms with Crippen molar-refractivity contribution in [3.8, 4) is 0 Å². The Balaban J connectivity index is 1.93. The van der Waals surface area contributed by atoms with Crippen LogP contribution in [-0.2, 0) is 6.54 Å². The third kappa shape index (κ3) is 3.25. The highest BCUT2D eigenvalue weighted by Crippen LogP contribution is 2.06. The third-order valence-electron chi connectivity index (χ3n) is 2.91. The Hall–Kier alpha value is -1.46. The van der Waals surface area contributed by atoms with Crippen molar-refractivity contribution in [3.63, 3.8) is 0 Å². The van der Waals surface area contributed by atoms with E-state index in [1.165, 1.54) is 6.42 Å². The van der Waals surface area contributed by atoms with Gasteiger partial charge in [0.15, 0.2) is 0 Å². The molecule has 1 aliphatic heterocycles. The van der Waals surface area contributed by atoms with Gasteiger partial charge in [-0.2, -0.15) is 0 Å². The molecule has 0 atom stereocenters. The Morgan fingerprint density at radius 3 is 2.71 bits per heavy atom. The van der Waals surface area contributed by atoms with Crippen molar-refractivity contribution in [1.29, 1.82) is 0 Å². The van der Waals surface area contributed by atoms with Crippen LogP contribution in [0.5, 0.6) is 0 Å². The standard InChI is InChI=1S/C12H18N4O/c13-8-10-4-5-11(14-9-10)12(17)15-16-6-2-1-3-7-16/h4-5,9H,1-3,6-8,13H2,(H,15,17). The number of hydrogen-bond donors (Lipinski definition) is 2. The Morgan fingerprint density at radius 1 is 1.35 bits per heavy atom. The van der Waals surface area contributed by atoms with Crippen LogP contribution in [0.3, 0.4) is 0 Å². The lowest BCUT2D eigenvalue weighted by Crippen LogP contribution is -2.45. The number of nitrogens with one attached hydrogen (secondary N) is 1. The van der Waals surface area contributed by atoms with Crippen molar-refractivity contribution in [2.45, 2.75) is 25.8 Å². The van der Waals surface area contributed by atoms with Gasteiger partial charge < -0.3 is 5.73 Å². The predicted octanol–water partition coefficient (Wildman–Crippen LogP) is 0.671. The second-order valence-corrected chi connectivity index (χ2v) is 4.24. The van der Waals surface area contributed by atoms with Crippen LogP contribution in [-0.4, -0.2) is 29.0 Å². The minimum Gasteiger partial charge on any atom is -0.326 e. The van der Waals surface area contributed by atoms with Crippen molar-refractivity contribution < 1.29 is 4.79 Å². The maximum absolute atomic E-state index is 11.9. The minimum atomic E-state index is -0.143. The van der Waals surface area contributed by atoms with E-state index in [2.05, 4.69) is 10.4 Å². The summed E-state index contributed by atoms with van der Waals surface area (Å²) in [5.74, 6) is -0.143. The topological polar surface area (TPSA) is 71.2 Å². The number of carbonyl (C=O) groups excluding carboxylic acids is 1. The zero-order valence-electron chi connectivity index (χ0n) is 9.85. The number of pyridine rings is 1. The lowest BCUT2D eigenvalue weighted by atomic mass is 10.2. The molecule has 0 saturated carbocycles. The number of hydrazine groups is 1. The van der Waals surface area contributed by atoms with Crippen LogP contribution in [0.4, 0.5) is 0 Å². The summed E-state index contributed by atoms with van der Waals surface area (Å²) in [6.45, 7) is 2.29. The van der Waals surface area contributed by atoms with E-state index in [4.69, 9.17) is 5.73 Å². The van der Waals surface area contributed by atoms with Gasteiger partial charge in [-0.1, -0.05) is 12.5 Å². The highest BCUT2D eigenvalue weighted by Gasteiger charge is 2.14. The first-order chi connectivity index (χ1) is 8.29. The van der Waals surface area contributed by atoms with Gasteiger partial charge in [-0.15, -0.1) is 0 Å². The average Bonchev–Trinajstić information content (AvgIpc) is 2.40. The lowest BCUT2D eigenvalue weighted by Gasteiger charge is -2.26. The van der Waals surface area contributed by atoms with Gasteiger partial charge in [0.25, 0.3) is 5.91 Å². The van der Waals surface area contributed by atoms with Gasteiger partial charge in [0.05, 0.1) is 0 Å². The Kier molecular flexibility index (Phi) is 4.06. The fraction of sp³-hybridized carbons (Fsp3) is 0.500. The van der Waals surface area contributed by atoms with E-state index < -0.39 is 0 Å². The molecule has 0 aromatic carbocycles. The molecule has 92 valence electrons. The second kappa shape index (κ2) is 5.75. The minimum absolute atomic E-state index is 0.143. The maximum atomic E-state index is 11.9. The molecule has 0 unspecified atom stereocenters. The Morgan fingerprint density at radius 2 is 2.12 bits per heavy atom.